The van der Waals surface area contributed by atoms with Crippen molar-refractivity contribution in [3.05, 3.63) is 56.8 Å². The molecule has 0 bridgehead atoms. The molecule has 1 aromatic heterocycles. The number of nitrogens with zero attached hydrogens (tertiary/aromatic N) is 4. The molecular weight excluding hydrogens is 417 g/mol. The Kier molecular flexibility index (Phi) is 4.69. The molecular formula is C19H15Cl2N5OS. The maximum Gasteiger partial charge on any atom is 0.283 e. The zero-order valence-electron chi connectivity index (χ0n) is 15.2. The summed E-state index contributed by atoms with van der Waals surface area (Å²) in [5.41, 5.74) is 3.69. The Hall–Kier alpha value is -2.35. The van der Waals surface area contributed by atoms with Crippen molar-refractivity contribution in [2.45, 2.75) is 20.8 Å². The van der Waals surface area contributed by atoms with Gasteiger partial charge in [0, 0.05) is 27.1 Å². The molecule has 0 saturated heterocycles. The fraction of sp³-hybridized carbons (Fsp3) is 0.158. The summed E-state index contributed by atoms with van der Waals surface area (Å²) < 4.78 is 2.00. The molecule has 1 amide bonds. The first-order valence-corrected chi connectivity index (χ1v) is 9.94. The van der Waals surface area contributed by atoms with Crippen molar-refractivity contribution in [3.8, 4) is 5.69 Å². The van der Waals surface area contributed by atoms with Crippen molar-refractivity contribution >= 4 is 63.0 Å². The van der Waals surface area contributed by atoms with E-state index in [0.717, 1.165) is 27.7 Å². The van der Waals surface area contributed by atoms with Gasteiger partial charge >= 0.3 is 0 Å². The van der Waals surface area contributed by atoms with E-state index >= 15 is 0 Å². The number of nitrogens with one attached hydrogen (secondary N) is 1. The van der Waals surface area contributed by atoms with Gasteiger partial charge in [0.2, 0.25) is 5.17 Å². The second-order valence-electron chi connectivity index (χ2n) is 6.43. The highest BCUT2D eigenvalue weighted by Gasteiger charge is 2.34. The highest BCUT2D eigenvalue weighted by molar-refractivity contribution is 8.26. The van der Waals surface area contributed by atoms with Gasteiger partial charge in [0.15, 0.2) is 5.84 Å². The molecule has 1 N–H and O–H groups in total. The normalized spacial score (nSPS) is 17.9. The van der Waals surface area contributed by atoms with Gasteiger partial charge in [-0.05, 0) is 68.4 Å². The van der Waals surface area contributed by atoms with E-state index in [1.54, 1.807) is 12.1 Å². The summed E-state index contributed by atoms with van der Waals surface area (Å²) in [6.45, 7) is 5.71. The van der Waals surface area contributed by atoms with E-state index in [1.807, 2.05) is 43.5 Å². The fourth-order valence-electron chi connectivity index (χ4n) is 3.24. The molecule has 0 spiro atoms. The van der Waals surface area contributed by atoms with Crippen LogP contribution in [0.5, 0.6) is 0 Å². The number of carbonyl (C=O) groups is 1. The number of halogens is 2. The zero-order chi connectivity index (χ0) is 20.2. The number of benzene rings is 1. The van der Waals surface area contributed by atoms with E-state index in [9.17, 15) is 4.79 Å². The van der Waals surface area contributed by atoms with E-state index in [1.165, 1.54) is 16.8 Å². The van der Waals surface area contributed by atoms with Crippen molar-refractivity contribution in [1.82, 2.24) is 9.58 Å². The number of fused-ring (bicyclic) bond motifs is 1. The molecule has 0 aliphatic carbocycles. The number of rotatable bonds is 2. The van der Waals surface area contributed by atoms with Crippen LogP contribution in [0, 0.1) is 19.3 Å². The maximum absolute atomic E-state index is 12.5. The lowest BCUT2D eigenvalue weighted by atomic mass is 10.1. The second kappa shape index (κ2) is 6.92. The Bertz CT molecular complexity index is 1130. The van der Waals surface area contributed by atoms with Gasteiger partial charge in [-0.15, -0.1) is 0 Å². The van der Waals surface area contributed by atoms with Crippen LogP contribution in [-0.2, 0) is 4.79 Å². The number of aliphatic imine (C=N–C) groups is 1. The lowest BCUT2D eigenvalue weighted by molar-refractivity contribution is -0.114. The largest absolute Gasteiger partial charge is 0.318 e. The number of hydrogen-bond acceptors (Lipinski definition) is 4. The van der Waals surface area contributed by atoms with Crippen LogP contribution in [0.4, 0.5) is 0 Å². The van der Waals surface area contributed by atoms with Crippen molar-refractivity contribution in [2.75, 3.05) is 0 Å². The molecule has 142 valence electrons. The Labute approximate surface area is 176 Å². The molecule has 0 fully saturated rings. The molecule has 3 heterocycles. The number of aryl methyl sites for hydroxylation is 1. The number of hydrogen-bond donors (Lipinski definition) is 1. The Morgan fingerprint density at radius 2 is 1.79 bits per heavy atom. The lowest BCUT2D eigenvalue weighted by Gasteiger charge is -2.20. The van der Waals surface area contributed by atoms with Gasteiger partial charge in [-0.2, -0.15) is 15.1 Å². The molecule has 28 heavy (non-hydrogen) atoms. The van der Waals surface area contributed by atoms with Crippen LogP contribution in [0.3, 0.4) is 0 Å². The molecule has 0 atom stereocenters. The van der Waals surface area contributed by atoms with Crippen LogP contribution >= 0.6 is 35.0 Å². The minimum Gasteiger partial charge on any atom is -0.318 e. The molecule has 2 aromatic rings. The molecule has 0 unspecified atom stereocenters. The summed E-state index contributed by atoms with van der Waals surface area (Å²) in [5, 5.41) is 16.3. The van der Waals surface area contributed by atoms with E-state index in [-0.39, 0.29) is 11.4 Å². The van der Waals surface area contributed by atoms with Crippen molar-refractivity contribution in [2.24, 2.45) is 10.1 Å². The summed E-state index contributed by atoms with van der Waals surface area (Å²) in [4.78, 5) is 16.6. The van der Waals surface area contributed by atoms with Crippen molar-refractivity contribution in [3.63, 3.8) is 0 Å². The third-order valence-electron chi connectivity index (χ3n) is 4.43. The average Bonchev–Trinajstić information content (AvgIpc) is 3.09. The predicted octanol–water partition coefficient (Wildman–Crippen LogP) is 5.04. The summed E-state index contributed by atoms with van der Waals surface area (Å²) in [6.07, 6.45) is 1.68. The number of thioether (sulfide) groups is 1. The molecule has 0 saturated carbocycles. The van der Waals surface area contributed by atoms with Gasteiger partial charge < -0.3 is 4.57 Å². The van der Waals surface area contributed by atoms with Gasteiger partial charge in [0.05, 0.1) is 10.6 Å². The van der Waals surface area contributed by atoms with E-state index in [4.69, 9.17) is 28.6 Å². The van der Waals surface area contributed by atoms with Crippen LogP contribution in [-0.4, -0.2) is 31.5 Å². The van der Waals surface area contributed by atoms with Crippen LogP contribution in [0.1, 0.15) is 23.9 Å². The molecule has 0 radical (unpaired) electrons. The van der Waals surface area contributed by atoms with Gasteiger partial charge in [0.25, 0.3) is 5.91 Å². The van der Waals surface area contributed by atoms with Gasteiger partial charge in [-0.1, -0.05) is 23.2 Å². The molecule has 1 aromatic carbocycles. The molecule has 4 rings (SSSR count). The molecule has 6 nitrogen and oxygen atoms in total. The summed E-state index contributed by atoms with van der Waals surface area (Å²) in [5.74, 6) is -0.417. The van der Waals surface area contributed by atoms with E-state index < -0.39 is 5.91 Å². The lowest BCUT2D eigenvalue weighted by Crippen LogP contribution is -2.35. The van der Waals surface area contributed by atoms with Gasteiger partial charge in [-0.25, -0.2) is 0 Å². The molecule has 9 heteroatoms. The average molecular weight is 432 g/mol. The molecule has 2 aliphatic heterocycles. The maximum atomic E-state index is 12.5. The zero-order valence-corrected chi connectivity index (χ0v) is 17.6. The number of hydrazone groups is 1. The SMILES string of the molecule is CC1=NN2C(=N)/C(=C/c3cc(C)n(-c4cc(Cl)cc(Cl)c4)c3C)C(=O)N=C2S1. The summed E-state index contributed by atoms with van der Waals surface area (Å²) >= 11 is 13.6. The Morgan fingerprint density at radius 3 is 2.46 bits per heavy atom. The van der Waals surface area contributed by atoms with E-state index in [2.05, 4.69) is 10.1 Å². The molecule has 2 aliphatic rings. The number of aromatic nitrogens is 1. The highest BCUT2D eigenvalue weighted by Crippen LogP contribution is 2.30. The summed E-state index contributed by atoms with van der Waals surface area (Å²) in [7, 11) is 0. The summed E-state index contributed by atoms with van der Waals surface area (Å²) in [6, 6.07) is 7.28. The Morgan fingerprint density at radius 1 is 1.11 bits per heavy atom. The van der Waals surface area contributed by atoms with Gasteiger partial charge in [0.1, 0.15) is 0 Å². The van der Waals surface area contributed by atoms with Gasteiger partial charge in [-0.3, -0.25) is 10.2 Å². The van der Waals surface area contributed by atoms with Crippen molar-refractivity contribution in [1.29, 1.82) is 5.41 Å². The second-order valence-corrected chi connectivity index (χ2v) is 8.46. The van der Waals surface area contributed by atoms with Crippen LogP contribution in [0.25, 0.3) is 11.8 Å². The topological polar surface area (TPSA) is 73.8 Å². The standard InChI is InChI=1S/C19H15Cl2N5OS/c1-9-4-12(10(2)25(9)15-7-13(20)6-14(21)8-15)5-16-17(22)26-19(23-18(16)27)28-11(3)24-26/h4-8,22H,1-3H3/b16-5-,22-17?. The first kappa shape index (κ1) is 19.0. The minimum atomic E-state index is -0.441. The van der Waals surface area contributed by atoms with Crippen molar-refractivity contribution < 1.29 is 4.79 Å². The first-order valence-electron chi connectivity index (χ1n) is 8.37. The third kappa shape index (κ3) is 3.19. The minimum absolute atomic E-state index is 0.0231. The predicted molar refractivity (Wildman–Crippen MR) is 116 cm³/mol. The van der Waals surface area contributed by atoms with Crippen LogP contribution in [0.2, 0.25) is 10.0 Å². The quantitative estimate of drug-likeness (QED) is 0.676. The number of amidine groups is 2. The highest BCUT2D eigenvalue weighted by atomic mass is 35.5. The number of amides is 1. The third-order valence-corrected chi connectivity index (χ3v) is 5.69. The van der Waals surface area contributed by atoms with Crippen LogP contribution in [0.15, 0.2) is 39.9 Å². The first-order chi connectivity index (χ1) is 13.2. The smallest absolute Gasteiger partial charge is 0.283 e. The fourth-order valence-corrected chi connectivity index (χ4v) is 4.49. The monoisotopic (exact) mass is 431 g/mol. The van der Waals surface area contributed by atoms with E-state index in [0.29, 0.717) is 15.2 Å². The number of carbonyl (C=O) groups excluding carboxylic acids is 1. The van der Waals surface area contributed by atoms with Crippen LogP contribution < -0.4 is 0 Å². The Balaban J connectivity index is 1.79.